The Labute approximate surface area is 136 Å². The molecule has 0 unspecified atom stereocenters. The third-order valence-corrected chi connectivity index (χ3v) is 3.44. The van der Waals surface area contributed by atoms with Gasteiger partial charge in [0.25, 0.3) is 0 Å². The molecule has 0 saturated carbocycles. The van der Waals surface area contributed by atoms with Crippen LogP contribution in [0.4, 0.5) is 0 Å². The highest BCUT2D eigenvalue weighted by Crippen LogP contribution is 2.02. The quantitative estimate of drug-likeness (QED) is 0.276. The molecule has 1 amide bonds. The summed E-state index contributed by atoms with van der Waals surface area (Å²) < 4.78 is 0. The SMILES string of the molecule is C=CCCCCCN(C)C(=NCC(=O)N(C)C)NCCCC. The van der Waals surface area contributed by atoms with Crippen molar-refractivity contribution in [3.05, 3.63) is 12.7 Å². The maximum absolute atomic E-state index is 11.7. The molecule has 1 N–H and O–H groups in total. The Kier molecular flexibility index (Phi) is 12.3. The van der Waals surface area contributed by atoms with E-state index in [2.05, 4.69) is 28.7 Å². The molecule has 0 aliphatic rings. The van der Waals surface area contributed by atoms with Crippen LogP contribution in [0.3, 0.4) is 0 Å². The molecule has 0 heterocycles. The van der Waals surface area contributed by atoms with Gasteiger partial charge in [0.1, 0.15) is 6.54 Å². The van der Waals surface area contributed by atoms with Gasteiger partial charge < -0.3 is 15.1 Å². The Morgan fingerprint density at radius 3 is 2.50 bits per heavy atom. The van der Waals surface area contributed by atoms with Gasteiger partial charge >= 0.3 is 0 Å². The number of rotatable bonds is 11. The molecule has 0 radical (unpaired) electrons. The number of aliphatic imine (C=N–C) groups is 1. The summed E-state index contributed by atoms with van der Waals surface area (Å²) in [5.41, 5.74) is 0. The molecule has 22 heavy (non-hydrogen) atoms. The van der Waals surface area contributed by atoms with Gasteiger partial charge in [0.15, 0.2) is 5.96 Å². The van der Waals surface area contributed by atoms with E-state index >= 15 is 0 Å². The average molecular weight is 310 g/mol. The van der Waals surface area contributed by atoms with Crippen LogP contribution in [0.2, 0.25) is 0 Å². The Balaban J connectivity index is 4.38. The van der Waals surface area contributed by atoms with Crippen molar-refractivity contribution in [2.75, 3.05) is 40.8 Å². The zero-order valence-electron chi connectivity index (χ0n) is 14.9. The van der Waals surface area contributed by atoms with Crippen molar-refractivity contribution in [2.45, 2.75) is 45.4 Å². The molecule has 0 atom stereocenters. The number of carbonyl (C=O) groups excluding carboxylic acids is 1. The highest BCUT2D eigenvalue weighted by molar-refractivity contribution is 5.84. The maximum atomic E-state index is 11.7. The number of allylic oxidation sites excluding steroid dienone is 1. The van der Waals surface area contributed by atoms with Crippen LogP contribution in [-0.2, 0) is 4.79 Å². The van der Waals surface area contributed by atoms with Crippen molar-refractivity contribution < 1.29 is 4.79 Å². The Morgan fingerprint density at radius 2 is 1.91 bits per heavy atom. The molecular weight excluding hydrogens is 276 g/mol. The van der Waals surface area contributed by atoms with Gasteiger partial charge in [-0.2, -0.15) is 0 Å². The van der Waals surface area contributed by atoms with E-state index in [1.807, 2.05) is 13.1 Å². The molecule has 0 bridgehead atoms. The topological polar surface area (TPSA) is 47.9 Å². The van der Waals surface area contributed by atoms with Crippen LogP contribution >= 0.6 is 0 Å². The number of nitrogens with zero attached hydrogens (tertiary/aromatic N) is 3. The van der Waals surface area contributed by atoms with Gasteiger partial charge in [-0.15, -0.1) is 6.58 Å². The molecule has 0 fully saturated rings. The van der Waals surface area contributed by atoms with E-state index in [9.17, 15) is 4.79 Å². The summed E-state index contributed by atoms with van der Waals surface area (Å²) in [5, 5.41) is 3.36. The summed E-state index contributed by atoms with van der Waals surface area (Å²) in [4.78, 5) is 19.8. The van der Waals surface area contributed by atoms with Crippen molar-refractivity contribution in [3.8, 4) is 0 Å². The lowest BCUT2D eigenvalue weighted by Crippen LogP contribution is -2.40. The van der Waals surface area contributed by atoms with Gasteiger partial charge in [-0.1, -0.05) is 25.8 Å². The maximum Gasteiger partial charge on any atom is 0.243 e. The molecule has 0 spiro atoms. The number of amides is 1. The van der Waals surface area contributed by atoms with Crippen molar-refractivity contribution in [1.82, 2.24) is 15.1 Å². The number of carbonyl (C=O) groups is 1. The first-order valence-corrected chi connectivity index (χ1v) is 8.33. The molecule has 0 saturated heterocycles. The van der Waals surface area contributed by atoms with Gasteiger partial charge in [0.2, 0.25) is 5.91 Å². The van der Waals surface area contributed by atoms with E-state index in [4.69, 9.17) is 0 Å². The Morgan fingerprint density at radius 1 is 1.18 bits per heavy atom. The van der Waals surface area contributed by atoms with E-state index in [-0.39, 0.29) is 12.5 Å². The van der Waals surface area contributed by atoms with Crippen LogP contribution in [-0.4, -0.2) is 62.4 Å². The highest BCUT2D eigenvalue weighted by Gasteiger charge is 2.08. The third kappa shape index (κ3) is 10.2. The minimum Gasteiger partial charge on any atom is -0.356 e. The molecular formula is C17H34N4O. The third-order valence-electron chi connectivity index (χ3n) is 3.44. The molecule has 0 rings (SSSR count). The van der Waals surface area contributed by atoms with E-state index in [0.29, 0.717) is 0 Å². The second kappa shape index (κ2) is 13.2. The lowest BCUT2D eigenvalue weighted by atomic mass is 10.2. The molecule has 5 nitrogen and oxygen atoms in total. The predicted molar refractivity (Wildman–Crippen MR) is 95.2 cm³/mol. The number of likely N-dealkylation sites (N-methyl/N-ethyl adjacent to an activating group) is 1. The molecule has 5 heteroatoms. The first-order chi connectivity index (χ1) is 10.5. The molecule has 0 aliphatic heterocycles. The lowest BCUT2D eigenvalue weighted by Gasteiger charge is -2.22. The zero-order chi connectivity index (χ0) is 16.8. The molecule has 0 aromatic heterocycles. The van der Waals surface area contributed by atoms with Gasteiger partial charge in [0, 0.05) is 34.2 Å². The number of unbranched alkanes of at least 4 members (excludes halogenated alkanes) is 4. The summed E-state index contributed by atoms with van der Waals surface area (Å²) in [5.74, 6) is 0.849. The van der Waals surface area contributed by atoms with E-state index < -0.39 is 0 Å². The van der Waals surface area contributed by atoms with Gasteiger partial charge in [-0.3, -0.25) is 4.79 Å². The van der Waals surface area contributed by atoms with Crippen LogP contribution in [0.1, 0.15) is 45.4 Å². The number of hydrogen-bond acceptors (Lipinski definition) is 2. The normalized spacial score (nSPS) is 11.2. The van der Waals surface area contributed by atoms with Crippen molar-refractivity contribution in [3.63, 3.8) is 0 Å². The fraction of sp³-hybridized carbons (Fsp3) is 0.765. The van der Waals surface area contributed by atoms with E-state index in [1.165, 1.54) is 12.8 Å². The molecule has 0 aliphatic carbocycles. The van der Waals surface area contributed by atoms with Gasteiger partial charge in [-0.25, -0.2) is 4.99 Å². The minimum atomic E-state index is 0.0224. The number of hydrogen-bond donors (Lipinski definition) is 1. The lowest BCUT2D eigenvalue weighted by molar-refractivity contribution is -0.127. The van der Waals surface area contributed by atoms with Gasteiger partial charge in [-0.05, 0) is 25.7 Å². The standard InChI is InChI=1S/C17H34N4O/c1-6-8-10-11-12-14-21(5)17(18-13-9-7-2)19-15-16(22)20(3)4/h6H,1,7-15H2,2-5H3,(H,18,19). The summed E-state index contributed by atoms with van der Waals surface area (Å²) in [6.07, 6.45) is 8.80. The second-order valence-electron chi connectivity index (χ2n) is 5.77. The fourth-order valence-corrected chi connectivity index (χ4v) is 1.89. The highest BCUT2D eigenvalue weighted by atomic mass is 16.2. The molecule has 0 aromatic carbocycles. The van der Waals surface area contributed by atoms with Crippen LogP contribution in [0.25, 0.3) is 0 Å². The number of nitrogens with one attached hydrogen (secondary N) is 1. The van der Waals surface area contributed by atoms with Crippen molar-refractivity contribution >= 4 is 11.9 Å². The Hall–Kier alpha value is -1.52. The average Bonchev–Trinajstić information content (AvgIpc) is 2.49. The largest absolute Gasteiger partial charge is 0.356 e. The fourth-order valence-electron chi connectivity index (χ4n) is 1.89. The molecule has 0 aromatic rings. The van der Waals surface area contributed by atoms with Crippen LogP contribution < -0.4 is 5.32 Å². The summed E-state index contributed by atoms with van der Waals surface area (Å²) >= 11 is 0. The predicted octanol–water partition coefficient (Wildman–Crippen LogP) is 2.50. The first-order valence-electron chi connectivity index (χ1n) is 8.33. The Bertz CT molecular complexity index is 340. The smallest absolute Gasteiger partial charge is 0.243 e. The zero-order valence-corrected chi connectivity index (χ0v) is 14.9. The van der Waals surface area contributed by atoms with E-state index in [0.717, 1.165) is 44.7 Å². The summed E-state index contributed by atoms with van der Waals surface area (Å²) in [6.45, 7) is 7.95. The minimum absolute atomic E-state index is 0.0224. The van der Waals surface area contributed by atoms with Crippen molar-refractivity contribution in [1.29, 1.82) is 0 Å². The van der Waals surface area contributed by atoms with Crippen LogP contribution in [0, 0.1) is 0 Å². The molecule has 128 valence electrons. The van der Waals surface area contributed by atoms with Crippen LogP contribution in [0.15, 0.2) is 17.6 Å². The van der Waals surface area contributed by atoms with Gasteiger partial charge in [0.05, 0.1) is 0 Å². The monoisotopic (exact) mass is 310 g/mol. The summed E-state index contributed by atoms with van der Waals surface area (Å²) in [7, 11) is 5.54. The van der Waals surface area contributed by atoms with Crippen LogP contribution in [0.5, 0.6) is 0 Å². The number of guanidine groups is 1. The first kappa shape index (κ1) is 20.5. The summed E-state index contributed by atoms with van der Waals surface area (Å²) in [6, 6.07) is 0. The second-order valence-corrected chi connectivity index (χ2v) is 5.77. The van der Waals surface area contributed by atoms with E-state index in [1.54, 1.807) is 19.0 Å². The van der Waals surface area contributed by atoms with Crippen molar-refractivity contribution in [2.24, 2.45) is 4.99 Å².